The zero-order valence-electron chi connectivity index (χ0n) is 10.1. The van der Waals surface area contributed by atoms with Crippen LogP contribution in [-0.4, -0.2) is 16.9 Å². The van der Waals surface area contributed by atoms with Crippen LogP contribution in [0.1, 0.15) is 25.7 Å². The molecule has 1 aromatic carbocycles. The fourth-order valence-electron chi connectivity index (χ4n) is 2.37. The number of hydrogen-bond donors (Lipinski definition) is 0. The molecule has 0 unspecified atom stereocenters. The lowest BCUT2D eigenvalue weighted by atomic mass is 9.96. The van der Waals surface area contributed by atoms with Gasteiger partial charge in [-0.25, -0.2) is 4.98 Å². The zero-order valence-corrected chi connectivity index (χ0v) is 10.1. The summed E-state index contributed by atoms with van der Waals surface area (Å²) in [6.45, 7) is 0. The molecule has 1 saturated carbocycles. The Balaban J connectivity index is 1.84. The van der Waals surface area contributed by atoms with Gasteiger partial charge in [-0.3, -0.25) is 4.79 Å². The van der Waals surface area contributed by atoms with E-state index in [1.54, 1.807) is 6.20 Å². The molecule has 1 heterocycles. The molecule has 0 saturated heterocycles. The number of ether oxygens (including phenoxy) is 1. The van der Waals surface area contributed by atoms with E-state index in [0.29, 0.717) is 24.5 Å². The average molecular weight is 241 g/mol. The monoisotopic (exact) mass is 241 g/mol. The summed E-state index contributed by atoms with van der Waals surface area (Å²) in [7, 11) is 0. The topological polar surface area (TPSA) is 39.2 Å². The van der Waals surface area contributed by atoms with Crippen LogP contribution in [0.2, 0.25) is 0 Å². The number of rotatable bonds is 2. The summed E-state index contributed by atoms with van der Waals surface area (Å²) in [5.74, 6) is 1.04. The number of aromatic nitrogens is 1. The molecule has 0 spiro atoms. The fraction of sp³-hybridized carbons (Fsp3) is 0.333. The summed E-state index contributed by atoms with van der Waals surface area (Å²) in [6.07, 6.45) is 4.78. The van der Waals surface area contributed by atoms with E-state index in [4.69, 9.17) is 4.74 Å². The van der Waals surface area contributed by atoms with Crippen molar-refractivity contribution in [2.75, 3.05) is 0 Å². The summed E-state index contributed by atoms with van der Waals surface area (Å²) in [5.41, 5.74) is 0. The largest absolute Gasteiger partial charge is 0.474 e. The lowest BCUT2D eigenvalue weighted by Crippen LogP contribution is -2.24. The smallest absolute Gasteiger partial charge is 0.221 e. The number of pyridine rings is 1. The van der Waals surface area contributed by atoms with E-state index in [0.717, 1.165) is 23.6 Å². The van der Waals surface area contributed by atoms with Gasteiger partial charge in [0.1, 0.15) is 11.9 Å². The standard InChI is InChI=1S/C15H15NO2/c17-12-5-7-13(8-6-12)18-15-14-4-2-1-3-11(14)9-10-16-15/h1-4,9-10,13H,5-8H2. The maximum absolute atomic E-state index is 11.2. The summed E-state index contributed by atoms with van der Waals surface area (Å²) in [5, 5.41) is 2.17. The van der Waals surface area contributed by atoms with Gasteiger partial charge >= 0.3 is 0 Å². The normalized spacial score (nSPS) is 17.0. The number of benzene rings is 1. The molecule has 1 fully saturated rings. The number of Topliss-reactive ketones (excluding diaryl/α,β-unsaturated/α-hetero) is 1. The first kappa shape index (κ1) is 11.2. The molecule has 2 aromatic rings. The van der Waals surface area contributed by atoms with Crippen molar-refractivity contribution >= 4 is 16.6 Å². The van der Waals surface area contributed by atoms with Crippen molar-refractivity contribution < 1.29 is 9.53 Å². The second-order valence-electron chi connectivity index (χ2n) is 4.69. The highest BCUT2D eigenvalue weighted by Crippen LogP contribution is 2.26. The van der Waals surface area contributed by atoms with Crippen LogP contribution in [0.5, 0.6) is 5.88 Å². The highest BCUT2D eigenvalue weighted by atomic mass is 16.5. The van der Waals surface area contributed by atoms with Crippen molar-refractivity contribution in [2.45, 2.75) is 31.8 Å². The van der Waals surface area contributed by atoms with E-state index < -0.39 is 0 Å². The minimum atomic E-state index is 0.126. The van der Waals surface area contributed by atoms with Gasteiger partial charge in [0, 0.05) is 24.4 Å². The number of nitrogens with zero attached hydrogens (tertiary/aromatic N) is 1. The van der Waals surface area contributed by atoms with Crippen molar-refractivity contribution in [1.29, 1.82) is 0 Å². The third-order valence-electron chi connectivity index (χ3n) is 3.41. The second-order valence-corrected chi connectivity index (χ2v) is 4.69. The van der Waals surface area contributed by atoms with Gasteiger partial charge in [-0.15, -0.1) is 0 Å². The van der Waals surface area contributed by atoms with E-state index in [2.05, 4.69) is 4.98 Å². The van der Waals surface area contributed by atoms with Gasteiger partial charge < -0.3 is 4.74 Å². The van der Waals surface area contributed by atoms with Crippen LogP contribution in [0.25, 0.3) is 10.8 Å². The molecule has 0 bridgehead atoms. The Kier molecular flexibility index (Phi) is 2.97. The van der Waals surface area contributed by atoms with Crippen LogP contribution in [0.3, 0.4) is 0 Å². The first-order chi connectivity index (χ1) is 8.83. The molecule has 0 radical (unpaired) electrons. The molecule has 1 aliphatic rings. The predicted molar refractivity (Wildman–Crippen MR) is 69.6 cm³/mol. The number of hydrogen-bond acceptors (Lipinski definition) is 3. The SMILES string of the molecule is O=C1CCC(Oc2nccc3ccccc23)CC1. The van der Waals surface area contributed by atoms with Gasteiger partial charge in [0.15, 0.2) is 0 Å². The molecule has 0 atom stereocenters. The Morgan fingerprint density at radius 3 is 2.72 bits per heavy atom. The van der Waals surface area contributed by atoms with Crippen LogP contribution in [-0.2, 0) is 4.79 Å². The fourth-order valence-corrected chi connectivity index (χ4v) is 2.37. The third kappa shape index (κ3) is 2.21. The Bertz CT molecular complexity index is 564. The maximum Gasteiger partial charge on any atom is 0.221 e. The number of carbonyl (C=O) groups excluding carboxylic acids is 1. The van der Waals surface area contributed by atoms with Crippen molar-refractivity contribution in [3.05, 3.63) is 36.5 Å². The summed E-state index contributed by atoms with van der Waals surface area (Å²) >= 11 is 0. The minimum Gasteiger partial charge on any atom is -0.474 e. The summed E-state index contributed by atoms with van der Waals surface area (Å²) in [6, 6.07) is 10.0. The van der Waals surface area contributed by atoms with Gasteiger partial charge in [-0.1, -0.05) is 18.2 Å². The van der Waals surface area contributed by atoms with Crippen molar-refractivity contribution in [2.24, 2.45) is 0 Å². The van der Waals surface area contributed by atoms with Crippen LogP contribution in [0.4, 0.5) is 0 Å². The van der Waals surface area contributed by atoms with Crippen molar-refractivity contribution in [3.8, 4) is 5.88 Å². The van der Waals surface area contributed by atoms with Gasteiger partial charge in [-0.05, 0) is 30.4 Å². The molecule has 3 nitrogen and oxygen atoms in total. The Labute approximate surface area is 106 Å². The Morgan fingerprint density at radius 1 is 1.11 bits per heavy atom. The van der Waals surface area contributed by atoms with E-state index in [1.165, 1.54) is 0 Å². The number of carbonyl (C=O) groups is 1. The lowest BCUT2D eigenvalue weighted by Gasteiger charge is -2.22. The van der Waals surface area contributed by atoms with E-state index in [-0.39, 0.29) is 6.10 Å². The quantitative estimate of drug-likeness (QED) is 0.810. The average Bonchev–Trinajstić information content (AvgIpc) is 2.42. The maximum atomic E-state index is 11.2. The Hall–Kier alpha value is -1.90. The van der Waals surface area contributed by atoms with Gasteiger partial charge in [0.25, 0.3) is 0 Å². The highest BCUT2D eigenvalue weighted by Gasteiger charge is 2.20. The van der Waals surface area contributed by atoms with Crippen LogP contribution in [0.15, 0.2) is 36.5 Å². The summed E-state index contributed by atoms with van der Waals surface area (Å²) in [4.78, 5) is 15.5. The first-order valence-electron chi connectivity index (χ1n) is 6.35. The number of fused-ring (bicyclic) bond motifs is 1. The molecular weight excluding hydrogens is 226 g/mol. The van der Waals surface area contributed by atoms with Crippen molar-refractivity contribution in [1.82, 2.24) is 4.98 Å². The van der Waals surface area contributed by atoms with E-state index in [9.17, 15) is 4.79 Å². The molecule has 92 valence electrons. The molecule has 0 aliphatic heterocycles. The van der Waals surface area contributed by atoms with Gasteiger partial charge in [0.2, 0.25) is 5.88 Å². The molecule has 0 N–H and O–H groups in total. The molecule has 1 aliphatic carbocycles. The second kappa shape index (κ2) is 4.77. The highest BCUT2D eigenvalue weighted by molar-refractivity contribution is 5.86. The lowest BCUT2D eigenvalue weighted by molar-refractivity contribution is -0.121. The summed E-state index contributed by atoms with van der Waals surface area (Å²) < 4.78 is 5.95. The molecule has 18 heavy (non-hydrogen) atoms. The Morgan fingerprint density at radius 2 is 1.89 bits per heavy atom. The van der Waals surface area contributed by atoms with Gasteiger partial charge in [-0.2, -0.15) is 0 Å². The zero-order chi connectivity index (χ0) is 12.4. The van der Waals surface area contributed by atoms with Crippen LogP contribution < -0.4 is 4.74 Å². The van der Waals surface area contributed by atoms with Crippen LogP contribution >= 0.6 is 0 Å². The molecule has 1 aromatic heterocycles. The van der Waals surface area contributed by atoms with Crippen molar-refractivity contribution in [3.63, 3.8) is 0 Å². The minimum absolute atomic E-state index is 0.126. The molecule has 0 amide bonds. The molecule has 3 heteroatoms. The number of ketones is 1. The van der Waals surface area contributed by atoms with Crippen LogP contribution in [0, 0.1) is 0 Å². The van der Waals surface area contributed by atoms with E-state index in [1.807, 2.05) is 30.3 Å². The molecular formula is C15H15NO2. The first-order valence-corrected chi connectivity index (χ1v) is 6.35. The van der Waals surface area contributed by atoms with E-state index >= 15 is 0 Å². The predicted octanol–water partition coefficient (Wildman–Crippen LogP) is 3.13. The molecule has 3 rings (SSSR count). The third-order valence-corrected chi connectivity index (χ3v) is 3.41. The van der Waals surface area contributed by atoms with Gasteiger partial charge in [0.05, 0.1) is 0 Å².